The molecule has 6 nitrogen and oxygen atoms in total. The number of nitro benzene ring substituents is 1. The Labute approximate surface area is 122 Å². The minimum Gasteiger partial charge on any atom is -0.457 e. The molecule has 0 aliphatic carbocycles. The highest BCUT2D eigenvalue weighted by molar-refractivity contribution is 5.50. The van der Waals surface area contributed by atoms with Crippen LogP contribution in [0, 0.1) is 17.0 Å². The normalized spacial score (nSPS) is 10.4. The van der Waals surface area contributed by atoms with Crippen molar-refractivity contribution in [1.82, 2.24) is 0 Å². The van der Waals surface area contributed by atoms with Crippen LogP contribution in [0.2, 0.25) is 0 Å². The van der Waals surface area contributed by atoms with Gasteiger partial charge in [-0.3, -0.25) is 10.1 Å². The zero-order valence-electron chi connectivity index (χ0n) is 11.8. The molecule has 0 fully saturated rings. The number of nitro groups is 1. The fourth-order valence-electron chi connectivity index (χ4n) is 1.95. The molecule has 2 aromatic rings. The van der Waals surface area contributed by atoms with Crippen LogP contribution in [-0.4, -0.2) is 12.0 Å². The lowest BCUT2D eigenvalue weighted by Gasteiger charge is -2.13. The number of aryl methyl sites for hydroxylation is 1. The highest BCUT2D eigenvalue weighted by Crippen LogP contribution is 2.31. The second kappa shape index (κ2) is 6.23. The summed E-state index contributed by atoms with van der Waals surface area (Å²) in [6.07, 6.45) is 0. The number of ether oxygens (including phenoxy) is 2. The highest BCUT2D eigenvalue weighted by Gasteiger charge is 2.11. The fraction of sp³-hybridized carbons (Fsp3) is 0.200. The summed E-state index contributed by atoms with van der Waals surface area (Å²) in [5, 5.41) is 10.7. The first-order chi connectivity index (χ1) is 10.0. The topological polar surface area (TPSA) is 87.6 Å². The molecule has 0 spiro atoms. The molecule has 6 heteroatoms. The van der Waals surface area contributed by atoms with Crippen molar-refractivity contribution in [1.29, 1.82) is 0 Å². The molecule has 0 unspecified atom stereocenters. The molecule has 0 heterocycles. The molecule has 2 rings (SSSR count). The van der Waals surface area contributed by atoms with Gasteiger partial charge in [0.05, 0.1) is 11.5 Å². The van der Waals surface area contributed by atoms with Crippen molar-refractivity contribution in [3.63, 3.8) is 0 Å². The van der Waals surface area contributed by atoms with Crippen LogP contribution in [0.25, 0.3) is 0 Å². The lowest BCUT2D eigenvalue weighted by molar-refractivity contribution is -0.384. The average Bonchev–Trinajstić information content (AvgIpc) is 2.43. The Balaban J connectivity index is 2.32. The van der Waals surface area contributed by atoms with E-state index < -0.39 is 4.92 Å². The van der Waals surface area contributed by atoms with E-state index in [-0.39, 0.29) is 5.69 Å². The monoisotopic (exact) mass is 288 g/mol. The third kappa shape index (κ3) is 3.49. The van der Waals surface area contributed by atoms with Crippen LogP contribution >= 0.6 is 0 Å². The van der Waals surface area contributed by atoms with Gasteiger partial charge in [0.25, 0.3) is 5.69 Å². The number of anilines is 1. The first-order valence-electron chi connectivity index (χ1n) is 6.31. The Hall–Kier alpha value is -2.60. The molecule has 0 radical (unpaired) electrons. The van der Waals surface area contributed by atoms with E-state index in [2.05, 4.69) is 0 Å². The van der Waals surface area contributed by atoms with E-state index in [0.717, 1.165) is 5.56 Å². The number of non-ortho nitro benzene ring substituents is 1. The Morgan fingerprint density at radius 3 is 2.52 bits per heavy atom. The quantitative estimate of drug-likeness (QED) is 0.517. The van der Waals surface area contributed by atoms with Crippen molar-refractivity contribution in [2.45, 2.75) is 13.5 Å². The number of rotatable bonds is 5. The maximum atomic E-state index is 10.7. The number of benzene rings is 2. The molecule has 0 saturated heterocycles. The van der Waals surface area contributed by atoms with Crippen molar-refractivity contribution in [3.05, 3.63) is 57.6 Å². The summed E-state index contributed by atoms with van der Waals surface area (Å²) in [5.74, 6) is 1.17. The summed E-state index contributed by atoms with van der Waals surface area (Å²) < 4.78 is 10.9. The molecule has 0 aliphatic heterocycles. The first kappa shape index (κ1) is 14.8. The van der Waals surface area contributed by atoms with Crippen molar-refractivity contribution in [2.75, 3.05) is 12.8 Å². The van der Waals surface area contributed by atoms with E-state index in [4.69, 9.17) is 15.2 Å². The van der Waals surface area contributed by atoms with Gasteiger partial charge in [-0.15, -0.1) is 0 Å². The molecule has 0 amide bonds. The molecule has 110 valence electrons. The third-order valence-corrected chi connectivity index (χ3v) is 2.97. The summed E-state index contributed by atoms with van der Waals surface area (Å²) in [6, 6.07) is 9.73. The zero-order chi connectivity index (χ0) is 15.4. The van der Waals surface area contributed by atoms with E-state index >= 15 is 0 Å². The second-order valence-corrected chi connectivity index (χ2v) is 4.61. The van der Waals surface area contributed by atoms with Crippen molar-refractivity contribution >= 4 is 11.4 Å². The summed E-state index contributed by atoms with van der Waals surface area (Å²) >= 11 is 0. The molecule has 0 saturated carbocycles. The molecule has 0 aromatic heterocycles. The number of hydrogen-bond donors (Lipinski definition) is 1. The number of nitrogens with two attached hydrogens (primary N) is 1. The van der Waals surface area contributed by atoms with E-state index in [1.54, 1.807) is 38.3 Å². The van der Waals surface area contributed by atoms with E-state index in [1.807, 2.05) is 0 Å². The van der Waals surface area contributed by atoms with Gasteiger partial charge in [0, 0.05) is 30.5 Å². The maximum Gasteiger partial charge on any atom is 0.269 e. The summed E-state index contributed by atoms with van der Waals surface area (Å²) in [5.41, 5.74) is 7.90. The molecule has 2 N–H and O–H groups in total. The lowest BCUT2D eigenvalue weighted by atomic mass is 10.1. The summed E-state index contributed by atoms with van der Waals surface area (Å²) in [4.78, 5) is 10.3. The minimum atomic E-state index is -0.434. The Morgan fingerprint density at radius 1 is 1.19 bits per heavy atom. The van der Waals surface area contributed by atoms with Gasteiger partial charge in [0.2, 0.25) is 0 Å². The average molecular weight is 288 g/mol. The molecular formula is C15H16N2O4. The Kier molecular flexibility index (Phi) is 4.39. The fourth-order valence-corrected chi connectivity index (χ4v) is 1.95. The van der Waals surface area contributed by atoms with Gasteiger partial charge >= 0.3 is 0 Å². The lowest BCUT2D eigenvalue weighted by Crippen LogP contribution is -1.97. The number of hydrogen-bond acceptors (Lipinski definition) is 5. The highest BCUT2D eigenvalue weighted by atomic mass is 16.6. The van der Waals surface area contributed by atoms with Gasteiger partial charge in [0.1, 0.15) is 11.5 Å². The number of nitrogens with zero attached hydrogens (tertiary/aromatic N) is 1. The van der Waals surface area contributed by atoms with Crippen LogP contribution in [-0.2, 0) is 11.3 Å². The standard InChI is InChI=1S/C15H16N2O4/c1-10-7-13(17(18)19)4-6-14(10)21-15-5-3-12(16)8-11(15)9-20-2/h3-8H,9,16H2,1-2H3. The zero-order valence-corrected chi connectivity index (χ0v) is 11.8. The molecule has 21 heavy (non-hydrogen) atoms. The molecule has 2 aromatic carbocycles. The molecule has 0 atom stereocenters. The van der Waals surface area contributed by atoms with Crippen LogP contribution in [0.5, 0.6) is 11.5 Å². The first-order valence-corrected chi connectivity index (χ1v) is 6.31. The largest absolute Gasteiger partial charge is 0.457 e. The summed E-state index contributed by atoms with van der Waals surface area (Å²) in [7, 11) is 1.59. The Bertz CT molecular complexity index is 671. The van der Waals surface area contributed by atoms with Gasteiger partial charge < -0.3 is 15.2 Å². The van der Waals surface area contributed by atoms with Gasteiger partial charge in [0.15, 0.2) is 0 Å². The van der Waals surface area contributed by atoms with E-state index in [1.165, 1.54) is 12.1 Å². The summed E-state index contributed by atoms with van der Waals surface area (Å²) in [6.45, 7) is 2.13. The molecule has 0 aliphatic rings. The molecule has 0 bridgehead atoms. The third-order valence-electron chi connectivity index (χ3n) is 2.97. The van der Waals surface area contributed by atoms with Crippen LogP contribution < -0.4 is 10.5 Å². The van der Waals surface area contributed by atoms with Gasteiger partial charge in [-0.05, 0) is 36.8 Å². The minimum absolute atomic E-state index is 0.0364. The van der Waals surface area contributed by atoms with Crippen LogP contribution in [0.15, 0.2) is 36.4 Å². The number of methoxy groups -OCH3 is 1. The van der Waals surface area contributed by atoms with Gasteiger partial charge in [-0.2, -0.15) is 0 Å². The maximum absolute atomic E-state index is 10.7. The van der Waals surface area contributed by atoms with Gasteiger partial charge in [-0.1, -0.05) is 0 Å². The van der Waals surface area contributed by atoms with Crippen LogP contribution in [0.3, 0.4) is 0 Å². The van der Waals surface area contributed by atoms with Gasteiger partial charge in [-0.25, -0.2) is 0 Å². The smallest absolute Gasteiger partial charge is 0.269 e. The van der Waals surface area contributed by atoms with Crippen molar-refractivity contribution in [2.24, 2.45) is 0 Å². The SMILES string of the molecule is COCc1cc(N)ccc1Oc1ccc([N+](=O)[O-])cc1C. The number of nitrogen functional groups attached to an aromatic ring is 1. The second-order valence-electron chi connectivity index (χ2n) is 4.61. The molecular weight excluding hydrogens is 272 g/mol. The Morgan fingerprint density at radius 2 is 1.90 bits per heavy atom. The van der Waals surface area contributed by atoms with Crippen LogP contribution in [0.4, 0.5) is 11.4 Å². The predicted molar refractivity (Wildman–Crippen MR) is 79.5 cm³/mol. The van der Waals surface area contributed by atoms with E-state index in [9.17, 15) is 10.1 Å². The van der Waals surface area contributed by atoms with Crippen LogP contribution in [0.1, 0.15) is 11.1 Å². The van der Waals surface area contributed by atoms with Crippen molar-refractivity contribution < 1.29 is 14.4 Å². The van der Waals surface area contributed by atoms with E-state index in [0.29, 0.717) is 29.4 Å². The van der Waals surface area contributed by atoms with Crippen molar-refractivity contribution in [3.8, 4) is 11.5 Å². The predicted octanol–water partition coefficient (Wildman–Crippen LogP) is 3.42.